The summed E-state index contributed by atoms with van der Waals surface area (Å²) in [4.78, 5) is 0. The lowest BCUT2D eigenvalue weighted by molar-refractivity contribution is 0.734. The maximum absolute atomic E-state index is 2.31. The van der Waals surface area contributed by atoms with Crippen LogP contribution in [0.3, 0.4) is 0 Å². The first-order valence-electron chi connectivity index (χ1n) is 3.60. The third-order valence-electron chi connectivity index (χ3n) is 1.88. The van der Waals surface area contributed by atoms with E-state index in [0.29, 0.717) is 0 Å². The van der Waals surface area contributed by atoms with Crippen molar-refractivity contribution in [3.63, 3.8) is 0 Å². The highest BCUT2D eigenvalue weighted by atomic mass is 33.1. The van der Waals surface area contributed by atoms with Gasteiger partial charge in [-0.15, -0.1) is 0 Å². The highest BCUT2D eigenvalue weighted by Crippen LogP contribution is 2.42. The smallest absolute Gasteiger partial charge is 0.0257 e. The molecule has 10 heavy (non-hydrogen) atoms. The summed E-state index contributed by atoms with van der Waals surface area (Å²) in [6.45, 7) is 0. The molecule has 0 radical (unpaired) electrons. The van der Waals surface area contributed by atoms with Crippen molar-refractivity contribution >= 4 is 21.6 Å². The van der Waals surface area contributed by atoms with Gasteiger partial charge in [0, 0.05) is 16.9 Å². The predicted molar refractivity (Wildman–Crippen MR) is 50.2 cm³/mol. The summed E-state index contributed by atoms with van der Waals surface area (Å²) in [7, 11) is 4.07. The molecule has 0 bridgehead atoms. The van der Waals surface area contributed by atoms with Crippen LogP contribution in [0.2, 0.25) is 0 Å². The van der Waals surface area contributed by atoms with Crippen molar-refractivity contribution in [3.8, 4) is 0 Å². The number of hydrogen-bond acceptors (Lipinski definition) is 2. The van der Waals surface area contributed by atoms with Crippen LogP contribution in [-0.4, -0.2) is 11.0 Å². The Bertz CT molecular complexity index is 154. The second kappa shape index (κ2) is 3.05. The van der Waals surface area contributed by atoms with Gasteiger partial charge in [-0.3, -0.25) is 0 Å². The normalized spacial score (nSPS) is 32.2. The fourth-order valence-corrected chi connectivity index (χ4v) is 4.37. The van der Waals surface area contributed by atoms with Crippen LogP contribution in [0.4, 0.5) is 0 Å². The fourth-order valence-electron chi connectivity index (χ4n) is 1.30. The Morgan fingerprint density at radius 1 is 1.20 bits per heavy atom. The Morgan fingerprint density at radius 3 is 2.60 bits per heavy atom. The van der Waals surface area contributed by atoms with Gasteiger partial charge in [0.15, 0.2) is 0 Å². The first-order valence-corrected chi connectivity index (χ1v) is 5.98. The van der Waals surface area contributed by atoms with E-state index in [2.05, 4.69) is 35.1 Å². The lowest BCUT2D eigenvalue weighted by Crippen LogP contribution is -2.07. The predicted octanol–water partition coefficient (Wildman–Crippen LogP) is 2.88. The van der Waals surface area contributed by atoms with Crippen LogP contribution in [0.25, 0.3) is 0 Å². The first-order chi connectivity index (χ1) is 4.97. The number of allylic oxidation sites excluding steroid dienone is 4. The van der Waals surface area contributed by atoms with Crippen LogP contribution in [0.5, 0.6) is 0 Å². The van der Waals surface area contributed by atoms with Gasteiger partial charge in [-0.05, 0) is 6.42 Å². The topological polar surface area (TPSA) is 0 Å². The molecular formula is C8H10S2. The molecule has 0 saturated carbocycles. The van der Waals surface area contributed by atoms with E-state index in [4.69, 9.17) is 0 Å². The molecule has 1 unspecified atom stereocenters. The second-order valence-electron chi connectivity index (χ2n) is 2.59. The molecule has 1 fully saturated rings. The standard InChI is InChI=1S/C8H10S2/c1-2-4-7(3-1)8-5-6-9-10-8/h1-4,7-8H,5-6H2. The Morgan fingerprint density at radius 2 is 2.00 bits per heavy atom. The molecule has 0 N–H and O–H groups in total. The van der Waals surface area contributed by atoms with Crippen LogP contribution in [0, 0.1) is 5.92 Å². The summed E-state index contributed by atoms with van der Waals surface area (Å²) in [6, 6.07) is 0. The van der Waals surface area contributed by atoms with E-state index in [9.17, 15) is 0 Å². The summed E-state index contributed by atoms with van der Waals surface area (Å²) >= 11 is 0. The third-order valence-corrected chi connectivity index (χ3v) is 4.87. The minimum atomic E-state index is 0.736. The Labute approximate surface area is 69.5 Å². The van der Waals surface area contributed by atoms with Gasteiger partial charge in [0.25, 0.3) is 0 Å². The van der Waals surface area contributed by atoms with Gasteiger partial charge in [0.1, 0.15) is 0 Å². The maximum atomic E-state index is 2.31. The summed E-state index contributed by atoms with van der Waals surface area (Å²) in [5, 5.41) is 0.861. The molecule has 0 nitrogen and oxygen atoms in total. The zero-order valence-electron chi connectivity index (χ0n) is 5.69. The van der Waals surface area contributed by atoms with E-state index in [0.717, 1.165) is 11.2 Å². The van der Waals surface area contributed by atoms with Gasteiger partial charge in [-0.1, -0.05) is 45.9 Å². The summed E-state index contributed by atoms with van der Waals surface area (Å²) in [5.41, 5.74) is 0. The van der Waals surface area contributed by atoms with Crippen molar-refractivity contribution < 1.29 is 0 Å². The molecule has 1 heterocycles. The van der Waals surface area contributed by atoms with Crippen molar-refractivity contribution in [3.05, 3.63) is 24.3 Å². The number of hydrogen-bond donors (Lipinski definition) is 0. The van der Waals surface area contributed by atoms with Gasteiger partial charge in [0.2, 0.25) is 0 Å². The van der Waals surface area contributed by atoms with Gasteiger partial charge in [-0.2, -0.15) is 0 Å². The maximum Gasteiger partial charge on any atom is 0.0257 e. The highest BCUT2D eigenvalue weighted by Gasteiger charge is 2.23. The van der Waals surface area contributed by atoms with E-state index < -0.39 is 0 Å². The lowest BCUT2D eigenvalue weighted by Gasteiger charge is -2.10. The average molecular weight is 170 g/mol. The van der Waals surface area contributed by atoms with Gasteiger partial charge >= 0.3 is 0 Å². The van der Waals surface area contributed by atoms with E-state index in [1.54, 1.807) is 0 Å². The van der Waals surface area contributed by atoms with E-state index >= 15 is 0 Å². The van der Waals surface area contributed by atoms with E-state index in [1.807, 2.05) is 10.8 Å². The van der Waals surface area contributed by atoms with E-state index in [1.165, 1.54) is 12.2 Å². The molecule has 54 valence electrons. The zero-order chi connectivity index (χ0) is 6.81. The Balaban J connectivity index is 1.98. The molecule has 1 aliphatic carbocycles. The first kappa shape index (κ1) is 6.86. The second-order valence-corrected chi connectivity index (χ2v) is 5.32. The van der Waals surface area contributed by atoms with Gasteiger partial charge in [-0.25, -0.2) is 0 Å². The molecule has 1 atom stereocenters. The molecule has 2 aliphatic rings. The highest BCUT2D eigenvalue weighted by molar-refractivity contribution is 8.77. The van der Waals surface area contributed by atoms with Crippen LogP contribution >= 0.6 is 21.6 Å². The van der Waals surface area contributed by atoms with Gasteiger partial charge in [0.05, 0.1) is 0 Å². The molecule has 2 heteroatoms. The summed E-state index contributed by atoms with van der Waals surface area (Å²) in [6.07, 6.45) is 10.3. The van der Waals surface area contributed by atoms with E-state index in [-0.39, 0.29) is 0 Å². The fraction of sp³-hybridized carbons (Fsp3) is 0.500. The van der Waals surface area contributed by atoms with Crippen molar-refractivity contribution in [2.75, 3.05) is 5.75 Å². The molecule has 0 aromatic carbocycles. The molecule has 0 spiro atoms. The third kappa shape index (κ3) is 1.28. The molecule has 1 aliphatic heterocycles. The monoisotopic (exact) mass is 170 g/mol. The Hall–Kier alpha value is 0.180. The molecule has 2 rings (SSSR count). The summed E-state index contributed by atoms with van der Waals surface area (Å²) < 4.78 is 0. The largest absolute Gasteiger partial charge is 0.0938 e. The molecule has 1 saturated heterocycles. The number of rotatable bonds is 1. The molecule has 0 amide bonds. The zero-order valence-corrected chi connectivity index (χ0v) is 7.33. The van der Waals surface area contributed by atoms with Crippen LogP contribution in [0.1, 0.15) is 6.42 Å². The van der Waals surface area contributed by atoms with Crippen LogP contribution in [0.15, 0.2) is 24.3 Å². The van der Waals surface area contributed by atoms with Crippen molar-refractivity contribution in [2.24, 2.45) is 5.92 Å². The Kier molecular flexibility index (Phi) is 2.10. The molecule has 0 aromatic rings. The minimum Gasteiger partial charge on any atom is -0.0938 e. The average Bonchev–Trinajstić information content (AvgIpc) is 2.59. The van der Waals surface area contributed by atoms with Gasteiger partial charge < -0.3 is 0 Å². The SMILES string of the molecule is C1=CC(C2CCSS2)C=C1. The lowest BCUT2D eigenvalue weighted by atomic mass is 10.1. The molecular weight excluding hydrogens is 160 g/mol. The van der Waals surface area contributed by atoms with Crippen LogP contribution < -0.4 is 0 Å². The van der Waals surface area contributed by atoms with Crippen molar-refractivity contribution in [2.45, 2.75) is 11.7 Å². The quantitative estimate of drug-likeness (QED) is 0.555. The minimum absolute atomic E-state index is 0.736. The van der Waals surface area contributed by atoms with Crippen LogP contribution in [-0.2, 0) is 0 Å². The molecule has 0 aromatic heterocycles. The van der Waals surface area contributed by atoms with Crippen molar-refractivity contribution in [1.29, 1.82) is 0 Å². The van der Waals surface area contributed by atoms with Crippen molar-refractivity contribution in [1.82, 2.24) is 0 Å². The summed E-state index contributed by atoms with van der Waals surface area (Å²) in [5.74, 6) is 2.08.